The molecule has 0 bridgehead atoms. The van der Waals surface area contributed by atoms with Crippen molar-refractivity contribution in [3.63, 3.8) is 0 Å². The normalized spacial score (nSPS) is 12.3. The maximum absolute atomic E-state index is 8.07. The summed E-state index contributed by atoms with van der Waals surface area (Å²) >= 11 is 16.6. The van der Waals surface area contributed by atoms with Crippen LogP contribution in [0.3, 0.4) is 0 Å². The van der Waals surface area contributed by atoms with Crippen molar-refractivity contribution in [2.24, 2.45) is 0 Å². The van der Waals surface area contributed by atoms with Crippen LogP contribution in [0.15, 0.2) is 73.1 Å². The highest BCUT2D eigenvalue weighted by atomic mass is 35.5. The second kappa shape index (κ2) is 18.9. The highest BCUT2D eigenvalue weighted by Gasteiger charge is 2.19. The average Bonchev–Trinajstić information content (AvgIpc) is 2.98. The van der Waals surface area contributed by atoms with Crippen molar-refractivity contribution < 1.29 is 14.6 Å². The van der Waals surface area contributed by atoms with Gasteiger partial charge >= 0.3 is 0 Å². The van der Waals surface area contributed by atoms with Crippen molar-refractivity contribution in [3.05, 3.63) is 88.8 Å². The largest absolute Gasteiger partial charge is 0.490 e. The molecule has 0 aliphatic carbocycles. The Hall–Kier alpha value is -3.37. The van der Waals surface area contributed by atoms with Crippen molar-refractivity contribution in [3.8, 4) is 11.5 Å². The van der Waals surface area contributed by atoms with Gasteiger partial charge in [-0.3, -0.25) is 0 Å². The third kappa shape index (κ3) is 11.6. The Morgan fingerprint density at radius 2 is 1.51 bits per heavy atom. The summed E-state index contributed by atoms with van der Waals surface area (Å²) in [5.41, 5.74) is 2.11. The van der Waals surface area contributed by atoms with Crippen LogP contribution in [0.5, 0.6) is 11.5 Å². The van der Waals surface area contributed by atoms with Crippen molar-refractivity contribution in [1.29, 1.82) is 0 Å². The molecule has 2 aromatic heterocycles. The monoisotopic (exact) mass is 620 g/mol. The fourth-order valence-corrected chi connectivity index (χ4v) is 3.91. The zero-order chi connectivity index (χ0) is 28.6. The van der Waals surface area contributed by atoms with E-state index in [0.29, 0.717) is 18.4 Å². The predicted octanol–water partition coefficient (Wildman–Crippen LogP) is 7.35. The number of aliphatic hydroxyl groups excluding tert-OH is 1. The number of hydrogen-bond acceptors (Lipinski definition) is 9. The average molecular weight is 622 g/mol. The fraction of sp³-hybridized carbons (Fsp3) is 0.310. The minimum atomic E-state index is 0. The highest BCUT2D eigenvalue weighted by Crippen LogP contribution is 2.35. The first-order valence-corrected chi connectivity index (χ1v) is 13.8. The van der Waals surface area contributed by atoms with E-state index in [2.05, 4.69) is 37.1 Å². The van der Waals surface area contributed by atoms with E-state index in [0.717, 1.165) is 61.2 Å². The second-order valence-corrected chi connectivity index (χ2v) is 9.21. The summed E-state index contributed by atoms with van der Waals surface area (Å²) in [5, 5.41) is 12.1. The summed E-state index contributed by atoms with van der Waals surface area (Å²) in [5.74, 6) is 2.63. The lowest BCUT2D eigenvalue weighted by Gasteiger charge is -2.30. The number of hydrogen-bond donors (Lipinski definition) is 2. The van der Waals surface area contributed by atoms with Gasteiger partial charge in [-0.2, -0.15) is 0 Å². The van der Waals surface area contributed by atoms with E-state index in [1.165, 1.54) is 6.20 Å². The first-order chi connectivity index (χ1) is 19.5. The quantitative estimate of drug-likeness (QED) is 0.179. The maximum atomic E-state index is 8.07. The zero-order valence-electron chi connectivity index (χ0n) is 22.0. The van der Waals surface area contributed by atoms with E-state index in [9.17, 15) is 0 Å². The molecule has 0 saturated heterocycles. The molecule has 4 heterocycles. The van der Waals surface area contributed by atoms with E-state index < -0.39 is 0 Å². The number of ether oxygens (including phenoxy) is 2. The van der Waals surface area contributed by atoms with E-state index in [4.69, 9.17) is 49.4 Å². The smallest absolute Gasteiger partial charge is 0.224 e. The lowest BCUT2D eigenvalue weighted by molar-refractivity contribution is 0.287. The molecule has 9 nitrogen and oxygen atoms in total. The fourth-order valence-electron chi connectivity index (χ4n) is 3.44. The van der Waals surface area contributed by atoms with Crippen LogP contribution in [0.4, 0.5) is 17.2 Å². The third-order valence-corrected chi connectivity index (χ3v) is 5.86. The minimum Gasteiger partial charge on any atom is -0.490 e. The summed E-state index contributed by atoms with van der Waals surface area (Å²) in [4.78, 5) is 17.4. The summed E-state index contributed by atoms with van der Waals surface area (Å²) in [6.07, 6.45) is 5.19. The van der Waals surface area contributed by atoms with Gasteiger partial charge in [0.25, 0.3) is 0 Å². The summed E-state index contributed by atoms with van der Waals surface area (Å²) < 4.78 is 10.9. The molecule has 41 heavy (non-hydrogen) atoms. The molecule has 0 saturated carbocycles. The van der Waals surface area contributed by atoms with Gasteiger partial charge in [0.1, 0.15) is 35.7 Å². The van der Waals surface area contributed by atoms with Crippen LogP contribution in [0, 0.1) is 0 Å². The number of aliphatic hydroxyl groups is 1. The van der Waals surface area contributed by atoms with Gasteiger partial charge in [-0.05, 0) is 66.0 Å². The molecular weight excluding hydrogens is 587 g/mol. The third-order valence-electron chi connectivity index (χ3n) is 5.28. The molecule has 0 atom stereocenters. The van der Waals surface area contributed by atoms with E-state index >= 15 is 0 Å². The molecule has 12 heteroatoms. The summed E-state index contributed by atoms with van der Waals surface area (Å²) in [6, 6.07) is 19.3. The van der Waals surface area contributed by atoms with Crippen LogP contribution in [0.1, 0.15) is 27.2 Å². The number of nitrogens with one attached hydrogen (secondary N) is 1. The number of aromatic nitrogens is 4. The molecule has 2 aromatic carbocycles. The Kier molecular flexibility index (Phi) is 15.6. The maximum Gasteiger partial charge on any atom is 0.224 e. The van der Waals surface area contributed by atoms with Gasteiger partial charge in [0, 0.05) is 25.5 Å². The van der Waals surface area contributed by atoms with Crippen molar-refractivity contribution in [1.82, 2.24) is 19.9 Å². The Balaban J connectivity index is 0.000000210. The van der Waals surface area contributed by atoms with Gasteiger partial charge in [-0.25, -0.2) is 19.9 Å². The Labute approximate surface area is 256 Å². The number of halogens is 3. The molecule has 2 aliphatic heterocycles. The molecule has 4 aromatic rings. The second-order valence-electron chi connectivity index (χ2n) is 8.15. The highest BCUT2D eigenvalue weighted by molar-refractivity contribution is 6.31. The Bertz CT molecular complexity index is 1270. The Morgan fingerprint density at radius 1 is 0.854 bits per heavy atom. The molecule has 2 N–H and O–H groups in total. The number of nitrogens with zero attached hydrogens (tertiary/aromatic N) is 5. The van der Waals surface area contributed by atoms with Gasteiger partial charge in [-0.15, -0.1) is 0 Å². The zero-order valence-corrected chi connectivity index (χ0v) is 24.3. The van der Waals surface area contributed by atoms with E-state index in [1.54, 1.807) is 12.3 Å². The van der Waals surface area contributed by atoms with Crippen LogP contribution in [-0.4, -0.2) is 58.0 Å². The number of unbranched alkanes of at least 4 members (excludes halogenated alkanes) is 1. The molecular formula is C29H35Cl3N6O3. The van der Waals surface area contributed by atoms with Crippen molar-refractivity contribution in [2.45, 2.75) is 27.2 Å². The molecule has 0 amide bonds. The topological polar surface area (TPSA) is 106 Å². The standard InChI is InChI=1S/C12H10ClN3O.C8H9NO.C4H2Cl2N2.C4H10O.CH4/c13-12-14-6-5-11(15-12)16-7-8-17-10-4-2-1-3-9(10)16;1-2-4-8-7(3-1)9-5-6-10-8;5-3-1-2-7-4(6)8-3;1-2-3-4-5;/h1-6H,7-8H2;1-4,9H,5-6H2;1-2H;5H,2-4H2,1H3;1H4. The van der Waals surface area contributed by atoms with Gasteiger partial charge < -0.3 is 24.8 Å². The Morgan fingerprint density at radius 3 is 2.12 bits per heavy atom. The predicted molar refractivity (Wildman–Crippen MR) is 167 cm³/mol. The number of fused-ring (bicyclic) bond motifs is 2. The molecule has 2 aliphatic rings. The van der Waals surface area contributed by atoms with Crippen LogP contribution in [0.2, 0.25) is 15.7 Å². The van der Waals surface area contributed by atoms with Crippen LogP contribution in [0.25, 0.3) is 0 Å². The van der Waals surface area contributed by atoms with Gasteiger partial charge in [0.2, 0.25) is 10.6 Å². The number of anilines is 3. The van der Waals surface area contributed by atoms with Gasteiger partial charge in [0.15, 0.2) is 0 Å². The summed E-state index contributed by atoms with van der Waals surface area (Å²) in [7, 11) is 0. The number of para-hydroxylation sites is 4. The molecule has 0 radical (unpaired) electrons. The lowest BCUT2D eigenvalue weighted by atomic mass is 10.2. The van der Waals surface area contributed by atoms with Crippen molar-refractivity contribution >= 4 is 52.0 Å². The molecule has 0 spiro atoms. The van der Waals surface area contributed by atoms with E-state index in [1.807, 2.05) is 54.6 Å². The number of rotatable bonds is 3. The van der Waals surface area contributed by atoms with Crippen LogP contribution >= 0.6 is 34.8 Å². The molecule has 0 fully saturated rings. The summed E-state index contributed by atoms with van der Waals surface area (Å²) in [6.45, 7) is 5.48. The first-order valence-electron chi connectivity index (χ1n) is 12.7. The minimum absolute atomic E-state index is 0. The SMILES string of the molecule is C.CCCCO.Clc1ccnc(Cl)n1.Clc1nccc(N2CCOc3ccccc32)n1.c1ccc2c(c1)NCCO2. The van der Waals surface area contributed by atoms with E-state index in [-0.39, 0.29) is 18.0 Å². The molecule has 0 unspecified atom stereocenters. The van der Waals surface area contributed by atoms with Crippen LogP contribution < -0.4 is 19.7 Å². The van der Waals surface area contributed by atoms with Gasteiger partial charge in [0.05, 0.1) is 17.9 Å². The first kappa shape index (κ1) is 33.8. The number of benzene rings is 2. The lowest BCUT2D eigenvalue weighted by Crippen LogP contribution is -2.29. The van der Waals surface area contributed by atoms with Gasteiger partial charge in [-0.1, -0.05) is 56.6 Å². The van der Waals surface area contributed by atoms with Crippen LogP contribution in [-0.2, 0) is 0 Å². The molecule has 220 valence electrons. The van der Waals surface area contributed by atoms with Crippen molar-refractivity contribution in [2.75, 3.05) is 43.1 Å². The molecule has 6 rings (SSSR count).